The molecule has 0 unspecified atom stereocenters. The van der Waals surface area contributed by atoms with E-state index in [9.17, 15) is 0 Å². The summed E-state index contributed by atoms with van der Waals surface area (Å²) in [6, 6.07) is 90.9. The first-order valence-corrected chi connectivity index (χ1v) is 27.9. The summed E-state index contributed by atoms with van der Waals surface area (Å²) in [6.45, 7) is 0. The van der Waals surface area contributed by atoms with Crippen LogP contribution in [0.5, 0.6) is 23.0 Å². The lowest BCUT2D eigenvalue weighted by Crippen LogP contribution is -2.45. The molecule has 3 aliphatic rings. The largest absolute Gasteiger partial charge is 0.457 e. The van der Waals surface area contributed by atoms with Gasteiger partial charge in [-0.05, 0) is 96.1 Å². The van der Waals surface area contributed by atoms with E-state index in [0.29, 0.717) is 0 Å². The number of fused-ring (bicyclic) bond motifs is 20. The Hall–Kier alpha value is -9.60. The lowest BCUT2D eigenvalue weighted by atomic mass is 9.54. The first kappa shape index (κ1) is 43.6. The van der Waals surface area contributed by atoms with Crippen LogP contribution in [0.1, 0.15) is 43.1 Å². The molecule has 78 heavy (non-hydrogen) atoms. The van der Waals surface area contributed by atoms with E-state index in [2.05, 4.69) is 252 Å². The van der Waals surface area contributed by atoms with Gasteiger partial charge in [-0.1, -0.05) is 170 Å². The van der Waals surface area contributed by atoms with Gasteiger partial charge in [-0.25, -0.2) is 0 Å². The molecule has 8 heteroatoms. The molecular formula is C70H42N2O4S2. The van der Waals surface area contributed by atoms with Crippen LogP contribution in [0.4, 0.5) is 32.8 Å². The van der Waals surface area contributed by atoms with Crippen LogP contribution in [-0.2, 0) is 10.8 Å². The second-order valence-corrected chi connectivity index (χ2v) is 22.3. The molecule has 10 aromatic carbocycles. The highest BCUT2D eigenvalue weighted by atomic mass is 32.1. The molecule has 17 rings (SSSR count). The molecule has 0 radical (unpaired) electrons. The molecule has 0 amide bonds. The van der Waals surface area contributed by atoms with Gasteiger partial charge < -0.3 is 18.3 Å². The van der Waals surface area contributed by atoms with Crippen LogP contribution in [0.3, 0.4) is 0 Å². The molecule has 6 heterocycles. The van der Waals surface area contributed by atoms with Crippen molar-refractivity contribution < 1.29 is 18.3 Å². The normalized spacial score (nSPS) is 14.1. The highest BCUT2D eigenvalue weighted by Crippen LogP contribution is 2.71. The molecular weight excluding hydrogens is 997 g/mol. The van der Waals surface area contributed by atoms with Gasteiger partial charge in [0, 0.05) is 64.9 Å². The minimum Gasteiger partial charge on any atom is -0.457 e. The minimum absolute atomic E-state index is 0.818. The molecule has 1 aliphatic carbocycles. The van der Waals surface area contributed by atoms with E-state index >= 15 is 0 Å². The molecule has 0 saturated carbocycles. The van der Waals surface area contributed by atoms with Crippen molar-refractivity contribution in [2.45, 2.75) is 10.8 Å². The highest BCUT2D eigenvalue weighted by Gasteiger charge is 2.61. The molecule has 0 fully saturated rings. The number of furan rings is 2. The smallest absolute Gasteiger partial charge is 0.159 e. The van der Waals surface area contributed by atoms with Crippen LogP contribution in [-0.4, -0.2) is 0 Å². The maximum Gasteiger partial charge on any atom is 0.159 e. The lowest BCUT2D eigenvalue weighted by molar-refractivity contribution is 0.418. The van der Waals surface area contributed by atoms with Gasteiger partial charge in [0.15, 0.2) is 11.2 Å². The average molecular weight is 1040 g/mol. The van der Waals surface area contributed by atoms with Crippen LogP contribution in [0.2, 0.25) is 0 Å². The molecule has 14 aromatic rings. The van der Waals surface area contributed by atoms with Gasteiger partial charge in [0.05, 0.1) is 22.2 Å². The number of thiophene rings is 2. The van der Waals surface area contributed by atoms with E-state index in [-0.39, 0.29) is 0 Å². The van der Waals surface area contributed by atoms with Crippen molar-refractivity contribution in [1.82, 2.24) is 0 Å². The molecule has 6 nitrogen and oxygen atoms in total. The maximum absolute atomic E-state index is 7.07. The van der Waals surface area contributed by atoms with Crippen LogP contribution >= 0.6 is 22.7 Å². The Bertz CT molecular complexity index is 4300. The number of para-hydroxylation sites is 10. The van der Waals surface area contributed by atoms with Gasteiger partial charge in [-0.3, -0.25) is 9.80 Å². The third kappa shape index (κ3) is 5.85. The van der Waals surface area contributed by atoms with Crippen molar-refractivity contribution in [3.8, 4) is 23.0 Å². The monoisotopic (exact) mass is 1040 g/mol. The van der Waals surface area contributed by atoms with Gasteiger partial charge in [-0.2, -0.15) is 0 Å². The molecule has 0 N–H and O–H groups in total. The van der Waals surface area contributed by atoms with Crippen molar-refractivity contribution in [2.24, 2.45) is 0 Å². The minimum atomic E-state index is -0.900. The number of rotatable bonds is 6. The van der Waals surface area contributed by atoms with Gasteiger partial charge in [0.2, 0.25) is 0 Å². The second-order valence-electron chi connectivity index (χ2n) is 20.2. The highest BCUT2D eigenvalue weighted by molar-refractivity contribution is 7.18. The molecule has 0 bridgehead atoms. The molecule has 0 atom stereocenters. The Balaban J connectivity index is 1.04. The number of anilines is 6. The molecule has 2 spiro atoms. The molecule has 368 valence electrons. The Kier molecular flexibility index (Phi) is 9.20. The van der Waals surface area contributed by atoms with Crippen molar-refractivity contribution in [3.63, 3.8) is 0 Å². The zero-order valence-electron chi connectivity index (χ0n) is 41.6. The topological polar surface area (TPSA) is 51.2 Å². The molecule has 2 aliphatic heterocycles. The fourth-order valence-corrected chi connectivity index (χ4v) is 16.1. The number of hydrogen-bond donors (Lipinski definition) is 0. The van der Waals surface area contributed by atoms with E-state index in [1.165, 1.54) is 20.9 Å². The summed E-state index contributed by atoms with van der Waals surface area (Å²) in [5, 5.41) is 6.37. The molecule has 4 aromatic heterocycles. The average Bonchev–Trinajstić information content (AvgIpc) is 3.82. The number of ether oxygens (including phenoxy) is 2. The van der Waals surface area contributed by atoms with Crippen molar-refractivity contribution in [2.75, 3.05) is 9.80 Å². The van der Waals surface area contributed by atoms with E-state index in [0.717, 1.165) is 122 Å². The van der Waals surface area contributed by atoms with Crippen LogP contribution in [0, 0.1) is 0 Å². The van der Waals surface area contributed by atoms with Crippen molar-refractivity contribution in [3.05, 3.63) is 298 Å². The van der Waals surface area contributed by atoms with Crippen LogP contribution in [0.25, 0.3) is 43.9 Å². The fraction of sp³-hybridized carbons (Fsp3) is 0.0286. The van der Waals surface area contributed by atoms with Crippen LogP contribution in [0.15, 0.2) is 264 Å². The summed E-state index contributed by atoms with van der Waals surface area (Å²) in [6.07, 6.45) is 0. The third-order valence-electron chi connectivity index (χ3n) is 16.2. The Morgan fingerprint density at radius 2 is 0.628 bits per heavy atom. The van der Waals surface area contributed by atoms with Gasteiger partial charge in [0.25, 0.3) is 0 Å². The summed E-state index contributed by atoms with van der Waals surface area (Å²) in [5.74, 6) is 3.27. The summed E-state index contributed by atoms with van der Waals surface area (Å²) in [5.41, 5.74) is 12.1. The summed E-state index contributed by atoms with van der Waals surface area (Å²) in [4.78, 5) is 7.20. The van der Waals surface area contributed by atoms with E-state index in [4.69, 9.17) is 18.3 Å². The maximum atomic E-state index is 7.07. The predicted octanol–water partition coefficient (Wildman–Crippen LogP) is 19.8. The predicted molar refractivity (Wildman–Crippen MR) is 316 cm³/mol. The Morgan fingerprint density at radius 1 is 0.295 bits per heavy atom. The first-order valence-electron chi connectivity index (χ1n) is 26.2. The summed E-state index contributed by atoms with van der Waals surface area (Å²) < 4.78 is 28.0. The number of nitrogens with zero attached hydrogens (tertiary/aromatic N) is 2. The van der Waals surface area contributed by atoms with Crippen molar-refractivity contribution >= 4 is 99.3 Å². The third-order valence-corrected chi connectivity index (χ3v) is 18.7. The second kappa shape index (κ2) is 16.5. The zero-order valence-corrected chi connectivity index (χ0v) is 43.2. The van der Waals surface area contributed by atoms with Crippen molar-refractivity contribution in [1.29, 1.82) is 0 Å². The van der Waals surface area contributed by atoms with E-state index in [1.54, 1.807) is 0 Å². The standard InChI is InChI=1S/C70H42N2O4S2/c1-3-21-43(22-4-1)71(55-33-19-27-47-45-25-7-13-35-57(45)75-65(47)55)63-41-53-67(77-63)70(51-31-11-17-39-61(51)74-62-40-18-12-32-52(62)70)54-42-64(78-68(54)69(53)49-29-9-15-37-59(49)73-60-38-16-10-30-50(60)69)72(44-23-5-2-6-24-44)56-34-20-28-48-46-26-8-14-36-58(46)76-66(48)56/h1-42H. The van der Waals surface area contributed by atoms with Crippen LogP contribution < -0.4 is 19.3 Å². The van der Waals surface area contributed by atoms with E-state index in [1.807, 2.05) is 34.8 Å². The first-order chi connectivity index (χ1) is 38.7. The Labute approximate surface area is 456 Å². The quantitative estimate of drug-likeness (QED) is 0.165. The Morgan fingerprint density at radius 3 is 1.03 bits per heavy atom. The number of hydrogen-bond acceptors (Lipinski definition) is 8. The lowest BCUT2D eigenvalue weighted by Gasteiger charge is -2.50. The van der Waals surface area contributed by atoms with Gasteiger partial charge in [-0.15, -0.1) is 22.7 Å². The summed E-state index contributed by atoms with van der Waals surface area (Å²) >= 11 is 3.68. The summed E-state index contributed by atoms with van der Waals surface area (Å²) in [7, 11) is 0. The molecule has 0 saturated heterocycles. The van der Waals surface area contributed by atoms with E-state index < -0.39 is 10.8 Å². The zero-order chi connectivity index (χ0) is 51.1. The number of benzene rings is 10. The SMILES string of the molecule is c1ccc(N(c2cc3c(s2)C2(c4ccccc4Oc4ccccc42)c2cc(N(c4ccccc4)c4cccc5c4oc4ccccc45)sc2C32c3ccccc3Oc3ccccc32)c2cccc3c2oc2ccccc23)cc1. The fourth-order valence-electron chi connectivity index (χ4n) is 13.1. The van der Waals surface area contributed by atoms with Gasteiger partial charge >= 0.3 is 0 Å². The van der Waals surface area contributed by atoms with Gasteiger partial charge in [0.1, 0.15) is 44.2 Å².